The van der Waals surface area contributed by atoms with E-state index in [-0.39, 0.29) is 28.1 Å². The van der Waals surface area contributed by atoms with Crippen molar-refractivity contribution >= 4 is 22.1 Å². The number of nitrogens with one attached hydrogen (secondary N) is 1. The molecule has 0 heterocycles. The fraction of sp³-hybridized carbons (Fsp3) is 0.357. The zero-order chi connectivity index (χ0) is 20.2. The summed E-state index contributed by atoms with van der Waals surface area (Å²) in [4.78, 5) is 0. The molecule has 0 atom stereocenters. The van der Waals surface area contributed by atoms with Crippen LogP contribution < -0.4 is 14.9 Å². The van der Waals surface area contributed by atoms with Crippen LogP contribution in [-0.2, 0) is 0 Å². The first-order chi connectivity index (χ1) is 11.9. The number of ether oxygens (including phenoxy) is 2. The van der Waals surface area contributed by atoms with Crippen LogP contribution in [0.5, 0.6) is 11.5 Å². The van der Waals surface area contributed by atoms with Crippen LogP contribution in [0.15, 0.2) is 21.7 Å². The largest absolute Gasteiger partial charge is 0.493 e. The maximum Gasteiger partial charge on any atom is 0.462 e. The van der Waals surface area contributed by atoms with E-state index >= 15 is 0 Å². The van der Waals surface area contributed by atoms with Gasteiger partial charge in [0.05, 0.1) is 17.8 Å². The number of alkyl halides is 7. The van der Waals surface area contributed by atoms with Gasteiger partial charge in [0.2, 0.25) is 0 Å². The maximum absolute atomic E-state index is 13.1. The topological polar surface area (TPSA) is 42.8 Å². The molecule has 0 aliphatic heterocycles. The number of rotatable bonds is 7. The third kappa shape index (κ3) is 4.72. The van der Waals surface area contributed by atoms with Crippen LogP contribution in [0, 0.1) is 12.3 Å². The molecule has 0 bridgehead atoms. The molecule has 0 amide bonds. The molecular formula is C14H10BrF7N2O2. The minimum atomic E-state index is -6.46. The molecular weight excluding hydrogens is 441 g/mol. The van der Waals surface area contributed by atoms with Gasteiger partial charge in [-0.1, -0.05) is 5.92 Å². The SMILES string of the molecule is C#CCOc1c(Br)cc(/C=N/NC(F)(F)C(F)(F)C(F)(F)F)cc1OC. The fourth-order valence-electron chi connectivity index (χ4n) is 1.50. The number of benzene rings is 1. The lowest BCUT2D eigenvalue weighted by molar-refractivity contribution is -0.361. The Morgan fingerprint density at radius 3 is 2.35 bits per heavy atom. The lowest BCUT2D eigenvalue weighted by Crippen LogP contribution is -2.58. The minimum Gasteiger partial charge on any atom is -0.493 e. The van der Waals surface area contributed by atoms with E-state index in [0.29, 0.717) is 11.6 Å². The molecule has 1 N–H and O–H groups in total. The molecule has 0 saturated carbocycles. The molecule has 0 unspecified atom stereocenters. The lowest BCUT2D eigenvalue weighted by Gasteiger charge is -2.27. The summed E-state index contributed by atoms with van der Waals surface area (Å²) >= 11 is 3.09. The molecule has 0 spiro atoms. The molecule has 0 saturated heterocycles. The van der Waals surface area contributed by atoms with Crippen molar-refractivity contribution in [1.82, 2.24) is 5.43 Å². The fourth-order valence-corrected chi connectivity index (χ4v) is 2.08. The molecule has 1 rings (SSSR count). The minimum absolute atomic E-state index is 0.0282. The smallest absolute Gasteiger partial charge is 0.462 e. The van der Waals surface area contributed by atoms with Gasteiger partial charge in [-0.15, -0.1) is 6.42 Å². The molecule has 0 radical (unpaired) electrons. The molecule has 0 aliphatic rings. The van der Waals surface area contributed by atoms with Gasteiger partial charge in [0, 0.05) is 0 Å². The summed E-state index contributed by atoms with van der Waals surface area (Å²) in [5, 5.41) is 2.75. The second-order valence-corrected chi connectivity index (χ2v) is 5.40. The predicted octanol–water partition coefficient (Wildman–Crippen LogP) is 4.18. The van der Waals surface area contributed by atoms with Crippen LogP contribution in [0.1, 0.15) is 5.56 Å². The Hall–Kier alpha value is -2.16. The van der Waals surface area contributed by atoms with E-state index in [4.69, 9.17) is 15.9 Å². The number of hydrogen-bond acceptors (Lipinski definition) is 4. The third-order valence-corrected chi connectivity index (χ3v) is 3.31. The summed E-state index contributed by atoms with van der Waals surface area (Å²) in [7, 11) is 1.25. The first-order valence-corrected chi connectivity index (χ1v) is 7.23. The summed E-state index contributed by atoms with van der Waals surface area (Å²) in [6.45, 7) is -0.108. The van der Waals surface area contributed by atoms with E-state index in [0.717, 1.165) is 0 Å². The molecule has 12 heteroatoms. The van der Waals surface area contributed by atoms with Crippen LogP contribution >= 0.6 is 15.9 Å². The van der Waals surface area contributed by atoms with Gasteiger partial charge in [-0.2, -0.15) is 35.8 Å². The summed E-state index contributed by atoms with van der Waals surface area (Å²) in [6, 6.07) is -3.18. The highest BCUT2D eigenvalue weighted by Crippen LogP contribution is 2.45. The zero-order valence-corrected chi connectivity index (χ0v) is 14.4. The number of methoxy groups -OCH3 is 1. The molecule has 0 aliphatic carbocycles. The van der Waals surface area contributed by atoms with Gasteiger partial charge in [0.15, 0.2) is 11.5 Å². The summed E-state index contributed by atoms with van der Waals surface area (Å²) in [5.74, 6) is -3.85. The van der Waals surface area contributed by atoms with Gasteiger partial charge in [-0.3, -0.25) is 0 Å². The highest BCUT2D eigenvalue weighted by Gasteiger charge is 2.73. The molecule has 4 nitrogen and oxygen atoms in total. The van der Waals surface area contributed by atoms with Gasteiger partial charge in [0.1, 0.15) is 6.61 Å². The third-order valence-electron chi connectivity index (χ3n) is 2.72. The van der Waals surface area contributed by atoms with Crippen molar-refractivity contribution in [1.29, 1.82) is 0 Å². The Morgan fingerprint density at radius 2 is 1.85 bits per heavy atom. The number of hydrogen-bond donors (Lipinski definition) is 1. The summed E-state index contributed by atoms with van der Waals surface area (Å²) in [5.41, 5.74) is 0.541. The van der Waals surface area contributed by atoms with Gasteiger partial charge in [-0.25, -0.2) is 5.43 Å². The normalized spacial score (nSPS) is 12.8. The van der Waals surface area contributed by atoms with E-state index < -0.39 is 18.1 Å². The van der Waals surface area contributed by atoms with Gasteiger partial charge >= 0.3 is 18.1 Å². The lowest BCUT2D eigenvalue weighted by atomic mass is 10.2. The quantitative estimate of drug-likeness (QED) is 0.223. The molecule has 26 heavy (non-hydrogen) atoms. The second kappa shape index (κ2) is 8.03. The maximum atomic E-state index is 13.1. The van der Waals surface area contributed by atoms with E-state index in [9.17, 15) is 30.7 Å². The molecule has 1 aromatic rings. The van der Waals surface area contributed by atoms with Crippen molar-refractivity contribution in [3.63, 3.8) is 0 Å². The number of terminal acetylenes is 1. The van der Waals surface area contributed by atoms with Crippen molar-refractivity contribution in [2.24, 2.45) is 5.10 Å². The molecule has 1 aromatic carbocycles. The van der Waals surface area contributed by atoms with Crippen molar-refractivity contribution in [3.8, 4) is 23.8 Å². The second-order valence-electron chi connectivity index (χ2n) is 4.54. The van der Waals surface area contributed by atoms with Gasteiger partial charge in [-0.05, 0) is 33.6 Å². The van der Waals surface area contributed by atoms with E-state index in [1.807, 2.05) is 0 Å². The average Bonchev–Trinajstić information content (AvgIpc) is 2.52. The van der Waals surface area contributed by atoms with Crippen LogP contribution in [0.4, 0.5) is 30.7 Å². The first-order valence-electron chi connectivity index (χ1n) is 6.43. The highest BCUT2D eigenvalue weighted by atomic mass is 79.9. The Kier molecular flexibility index (Phi) is 6.76. The van der Waals surface area contributed by atoms with E-state index in [1.54, 1.807) is 0 Å². The Bertz CT molecular complexity index is 714. The van der Waals surface area contributed by atoms with Crippen molar-refractivity contribution < 1.29 is 40.2 Å². The first kappa shape index (κ1) is 21.9. The number of nitrogens with zero attached hydrogens (tertiary/aromatic N) is 1. The zero-order valence-electron chi connectivity index (χ0n) is 12.8. The van der Waals surface area contributed by atoms with Crippen LogP contribution in [0.3, 0.4) is 0 Å². The highest BCUT2D eigenvalue weighted by molar-refractivity contribution is 9.10. The predicted molar refractivity (Wildman–Crippen MR) is 81.7 cm³/mol. The van der Waals surface area contributed by atoms with Crippen molar-refractivity contribution in [2.45, 2.75) is 18.1 Å². The molecule has 0 aromatic heterocycles. The monoisotopic (exact) mass is 450 g/mol. The molecule has 144 valence electrons. The number of hydrazone groups is 1. The van der Waals surface area contributed by atoms with Gasteiger partial charge in [0.25, 0.3) is 0 Å². The van der Waals surface area contributed by atoms with Gasteiger partial charge < -0.3 is 9.47 Å². The molecule has 0 fully saturated rings. The Morgan fingerprint density at radius 1 is 1.23 bits per heavy atom. The Balaban J connectivity index is 3.02. The van der Waals surface area contributed by atoms with Crippen LogP contribution in [0.2, 0.25) is 0 Å². The Labute approximate surface area is 151 Å². The van der Waals surface area contributed by atoms with Crippen LogP contribution in [-0.4, -0.2) is 38.1 Å². The summed E-state index contributed by atoms with van der Waals surface area (Å²) < 4.78 is 98.0. The van der Waals surface area contributed by atoms with Crippen LogP contribution in [0.25, 0.3) is 0 Å². The van der Waals surface area contributed by atoms with E-state index in [2.05, 4.69) is 27.0 Å². The van der Waals surface area contributed by atoms with Crippen molar-refractivity contribution in [3.05, 3.63) is 22.2 Å². The number of halogens is 8. The summed E-state index contributed by atoms with van der Waals surface area (Å²) in [6.07, 6.45) is -0.814. The van der Waals surface area contributed by atoms with E-state index in [1.165, 1.54) is 19.2 Å². The standard InChI is InChI=1S/C14H10BrF7N2O2/c1-3-4-26-11-9(15)5-8(6-10(11)25-2)7-23-24-14(21,22)12(16,17)13(18,19)20/h1,5-7,24H,4H2,2H3/b23-7+. The van der Waals surface area contributed by atoms with Crippen molar-refractivity contribution in [2.75, 3.05) is 13.7 Å². The average molecular weight is 451 g/mol.